The molecule has 2 heterocycles. The Kier molecular flexibility index (Phi) is 4.94. The van der Waals surface area contributed by atoms with E-state index in [4.69, 9.17) is 5.11 Å². The summed E-state index contributed by atoms with van der Waals surface area (Å²) in [6.07, 6.45) is 2.10. The molecule has 1 aromatic rings. The van der Waals surface area contributed by atoms with Crippen LogP contribution in [0.1, 0.15) is 23.5 Å². The van der Waals surface area contributed by atoms with Crippen molar-refractivity contribution in [2.75, 3.05) is 19.6 Å². The number of carbonyl (C=O) groups excluding carboxylic acids is 1. The third-order valence-corrected chi connectivity index (χ3v) is 4.20. The molecule has 0 bridgehead atoms. The van der Waals surface area contributed by atoms with Crippen molar-refractivity contribution in [3.05, 3.63) is 16.1 Å². The lowest BCUT2D eigenvalue weighted by molar-refractivity contribution is -0.143. The summed E-state index contributed by atoms with van der Waals surface area (Å²) in [5.41, 5.74) is 0.981. The number of thiazole rings is 1. The summed E-state index contributed by atoms with van der Waals surface area (Å²) in [6.45, 7) is 3.41. The van der Waals surface area contributed by atoms with E-state index in [1.807, 2.05) is 12.3 Å². The van der Waals surface area contributed by atoms with Crippen LogP contribution in [0.15, 0.2) is 5.38 Å². The first-order chi connectivity index (χ1) is 9.56. The lowest BCUT2D eigenvalue weighted by atomic mass is 9.99. The van der Waals surface area contributed by atoms with E-state index in [1.165, 1.54) is 0 Å². The Hall–Kier alpha value is -1.63. The van der Waals surface area contributed by atoms with Crippen molar-refractivity contribution < 1.29 is 14.7 Å². The van der Waals surface area contributed by atoms with Crippen molar-refractivity contribution in [3.63, 3.8) is 0 Å². The number of carboxylic acids is 1. The number of aliphatic carboxylic acids is 1. The lowest BCUT2D eigenvalue weighted by Gasteiger charge is -2.30. The standard InChI is InChI=1S/C13H19N3O3S/c1-9-15-11(8-20-9)4-5-14-13(19)16-6-2-3-10(7-16)12(17)18/h8,10H,2-7H2,1H3,(H,14,19)(H,17,18)/t10-/m1/s1. The molecule has 1 saturated heterocycles. The van der Waals surface area contributed by atoms with Gasteiger partial charge in [-0.2, -0.15) is 0 Å². The number of urea groups is 1. The maximum Gasteiger partial charge on any atom is 0.317 e. The summed E-state index contributed by atoms with van der Waals surface area (Å²) in [5, 5.41) is 14.8. The molecule has 0 radical (unpaired) electrons. The SMILES string of the molecule is Cc1nc(CCNC(=O)N2CCC[C@@H](C(=O)O)C2)cs1. The molecule has 0 aliphatic carbocycles. The predicted octanol–water partition coefficient (Wildman–Crippen LogP) is 1.50. The monoisotopic (exact) mass is 297 g/mol. The molecule has 7 heteroatoms. The number of likely N-dealkylation sites (tertiary alicyclic amines) is 1. The zero-order valence-electron chi connectivity index (χ0n) is 11.5. The van der Waals surface area contributed by atoms with Gasteiger partial charge in [0.2, 0.25) is 0 Å². The average molecular weight is 297 g/mol. The van der Waals surface area contributed by atoms with Gasteiger partial charge >= 0.3 is 12.0 Å². The van der Waals surface area contributed by atoms with Gasteiger partial charge in [0.25, 0.3) is 0 Å². The number of nitrogens with zero attached hydrogens (tertiary/aromatic N) is 2. The molecule has 0 aromatic carbocycles. The molecule has 1 atom stereocenters. The van der Waals surface area contributed by atoms with E-state index < -0.39 is 11.9 Å². The van der Waals surface area contributed by atoms with Crippen LogP contribution in [-0.2, 0) is 11.2 Å². The first-order valence-corrected chi connectivity index (χ1v) is 7.61. The highest BCUT2D eigenvalue weighted by molar-refractivity contribution is 7.09. The molecule has 2 N–H and O–H groups in total. The Morgan fingerprint density at radius 3 is 3.05 bits per heavy atom. The molecular weight excluding hydrogens is 278 g/mol. The van der Waals surface area contributed by atoms with Gasteiger partial charge in [0.1, 0.15) is 0 Å². The number of amides is 2. The number of aromatic nitrogens is 1. The van der Waals surface area contributed by atoms with Crippen LogP contribution in [0.4, 0.5) is 4.79 Å². The van der Waals surface area contributed by atoms with Crippen LogP contribution in [0.2, 0.25) is 0 Å². The van der Waals surface area contributed by atoms with Crippen LogP contribution in [-0.4, -0.2) is 46.6 Å². The largest absolute Gasteiger partial charge is 0.481 e. The van der Waals surface area contributed by atoms with Gasteiger partial charge in [-0.25, -0.2) is 9.78 Å². The van der Waals surface area contributed by atoms with Crippen LogP contribution in [0.5, 0.6) is 0 Å². The maximum absolute atomic E-state index is 12.0. The number of hydrogen-bond acceptors (Lipinski definition) is 4. The van der Waals surface area contributed by atoms with Crippen molar-refractivity contribution in [3.8, 4) is 0 Å². The Balaban J connectivity index is 1.75. The molecule has 6 nitrogen and oxygen atoms in total. The normalized spacial score (nSPS) is 18.9. The van der Waals surface area contributed by atoms with E-state index in [9.17, 15) is 9.59 Å². The van der Waals surface area contributed by atoms with Crippen LogP contribution >= 0.6 is 11.3 Å². The van der Waals surface area contributed by atoms with E-state index in [0.717, 1.165) is 17.1 Å². The fourth-order valence-corrected chi connectivity index (χ4v) is 2.94. The fourth-order valence-electron chi connectivity index (χ4n) is 2.30. The molecule has 110 valence electrons. The average Bonchev–Trinajstić information content (AvgIpc) is 2.84. The summed E-state index contributed by atoms with van der Waals surface area (Å²) < 4.78 is 0. The fraction of sp³-hybridized carbons (Fsp3) is 0.615. The molecule has 2 amide bonds. The number of carbonyl (C=O) groups is 2. The second kappa shape index (κ2) is 6.69. The number of piperidine rings is 1. The molecule has 1 aromatic heterocycles. The highest BCUT2D eigenvalue weighted by Crippen LogP contribution is 2.16. The number of aryl methyl sites for hydroxylation is 1. The van der Waals surface area contributed by atoms with E-state index in [2.05, 4.69) is 10.3 Å². The van der Waals surface area contributed by atoms with Gasteiger partial charge in [-0.05, 0) is 19.8 Å². The number of nitrogens with one attached hydrogen (secondary N) is 1. The highest BCUT2D eigenvalue weighted by atomic mass is 32.1. The molecule has 1 aliphatic heterocycles. The van der Waals surface area contributed by atoms with Crippen molar-refractivity contribution >= 4 is 23.3 Å². The summed E-state index contributed by atoms with van der Waals surface area (Å²) in [7, 11) is 0. The quantitative estimate of drug-likeness (QED) is 0.882. The van der Waals surface area contributed by atoms with Gasteiger partial charge in [0, 0.05) is 31.4 Å². The zero-order chi connectivity index (χ0) is 14.5. The van der Waals surface area contributed by atoms with Gasteiger partial charge in [-0.1, -0.05) is 0 Å². The summed E-state index contributed by atoms with van der Waals surface area (Å²) in [4.78, 5) is 28.8. The van der Waals surface area contributed by atoms with Gasteiger partial charge in [0.05, 0.1) is 16.6 Å². The minimum atomic E-state index is -0.819. The Morgan fingerprint density at radius 2 is 2.40 bits per heavy atom. The third kappa shape index (κ3) is 3.93. The molecule has 0 saturated carbocycles. The summed E-state index contributed by atoms with van der Waals surface area (Å²) in [6, 6.07) is -0.178. The summed E-state index contributed by atoms with van der Waals surface area (Å²) >= 11 is 1.60. The second-order valence-electron chi connectivity index (χ2n) is 4.96. The van der Waals surface area contributed by atoms with E-state index in [-0.39, 0.29) is 6.03 Å². The first-order valence-electron chi connectivity index (χ1n) is 6.73. The Morgan fingerprint density at radius 1 is 1.60 bits per heavy atom. The molecule has 20 heavy (non-hydrogen) atoms. The van der Waals surface area contributed by atoms with Gasteiger partial charge < -0.3 is 15.3 Å². The molecular formula is C13H19N3O3S. The van der Waals surface area contributed by atoms with Gasteiger partial charge in [-0.15, -0.1) is 11.3 Å². The lowest BCUT2D eigenvalue weighted by Crippen LogP contribution is -2.47. The van der Waals surface area contributed by atoms with Crippen LogP contribution in [0.3, 0.4) is 0 Å². The van der Waals surface area contributed by atoms with Gasteiger partial charge in [0.15, 0.2) is 0 Å². The van der Waals surface area contributed by atoms with Crippen LogP contribution < -0.4 is 5.32 Å². The Bertz CT molecular complexity index is 489. The van der Waals surface area contributed by atoms with Crippen molar-refractivity contribution in [1.82, 2.24) is 15.2 Å². The molecule has 1 aliphatic rings. The number of rotatable bonds is 4. The zero-order valence-corrected chi connectivity index (χ0v) is 12.3. The topological polar surface area (TPSA) is 82.5 Å². The maximum atomic E-state index is 12.0. The molecule has 0 unspecified atom stereocenters. The van der Waals surface area contributed by atoms with Crippen molar-refractivity contribution in [2.24, 2.45) is 5.92 Å². The van der Waals surface area contributed by atoms with Gasteiger partial charge in [-0.3, -0.25) is 4.79 Å². The highest BCUT2D eigenvalue weighted by Gasteiger charge is 2.27. The number of carboxylic acid groups (broad SMARTS) is 1. The first kappa shape index (κ1) is 14.8. The predicted molar refractivity (Wildman–Crippen MR) is 75.9 cm³/mol. The van der Waals surface area contributed by atoms with E-state index >= 15 is 0 Å². The van der Waals surface area contributed by atoms with E-state index in [1.54, 1.807) is 16.2 Å². The van der Waals surface area contributed by atoms with E-state index in [0.29, 0.717) is 32.5 Å². The molecule has 2 rings (SSSR count). The molecule has 1 fully saturated rings. The number of hydrogen-bond donors (Lipinski definition) is 2. The smallest absolute Gasteiger partial charge is 0.317 e. The summed E-state index contributed by atoms with van der Waals surface area (Å²) in [5.74, 6) is -1.25. The van der Waals surface area contributed by atoms with Crippen molar-refractivity contribution in [1.29, 1.82) is 0 Å². The third-order valence-electron chi connectivity index (χ3n) is 3.38. The van der Waals surface area contributed by atoms with Crippen LogP contribution in [0.25, 0.3) is 0 Å². The second-order valence-corrected chi connectivity index (χ2v) is 6.03. The van der Waals surface area contributed by atoms with Crippen LogP contribution in [0, 0.1) is 12.8 Å². The minimum absolute atomic E-state index is 0.178. The van der Waals surface area contributed by atoms with Crippen molar-refractivity contribution in [2.45, 2.75) is 26.2 Å². The molecule has 0 spiro atoms. The minimum Gasteiger partial charge on any atom is -0.481 e. The Labute approximate surface area is 121 Å².